The van der Waals surface area contributed by atoms with Crippen LogP contribution in [0.1, 0.15) is 25.8 Å². The van der Waals surface area contributed by atoms with Crippen LogP contribution in [-0.2, 0) is 6.42 Å². The Morgan fingerprint density at radius 1 is 1.44 bits per heavy atom. The number of nitrogens with zero attached hydrogens (tertiary/aromatic N) is 1. The Bertz CT molecular complexity index is 438. The first-order valence-corrected chi connectivity index (χ1v) is 6.80. The molecule has 0 atom stereocenters. The highest BCUT2D eigenvalue weighted by Crippen LogP contribution is 2.25. The zero-order valence-corrected chi connectivity index (χ0v) is 12.5. The highest BCUT2D eigenvalue weighted by atomic mass is 79.9. The molecule has 3 nitrogen and oxygen atoms in total. The molecule has 0 spiro atoms. The Balaban J connectivity index is 2.65. The fourth-order valence-electron chi connectivity index (χ4n) is 1.51. The maximum Gasteiger partial charge on any atom is 0.122 e. The summed E-state index contributed by atoms with van der Waals surface area (Å²) in [5.74, 6) is 0.859. The molecule has 0 aliphatic carbocycles. The molecule has 1 aromatic rings. The molecular formula is C14H19BrN2O. The number of rotatable bonds is 6. The van der Waals surface area contributed by atoms with Crippen LogP contribution < -0.4 is 10.5 Å². The predicted molar refractivity (Wildman–Crippen MR) is 76.4 cm³/mol. The van der Waals surface area contributed by atoms with Crippen LogP contribution in [0.2, 0.25) is 0 Å². The summed E-state index contributed by atoms with van der Waals surface area (Å²) in [7, 11) is 0. The quantitative estimate of drug-likeness (QED) is 0.877. The van der Waals surface area contributed by atoms with Crippen molar-refractivity contribution in [1.82, 2.24) is 0 Å². The van der Waals surface area contributed by atoms with E-state index in [4.69, 9.17) is 15.7 Å². The van der Waals surface area contributed by atoms with Gasteiger partial charge < -0.3 is 10.5 Å². The molecule has 0 saturated heterocycles. The molecule has 1 aromatic carbocycles. The second-order valence-electron chi connectivity index (χ2n) is 4.88. The van der Waals surface area contributed by atoms with Crippen LogP contribution in [0.5, 0.6) is 5.75 Å². The fourth-order valence-corrected chi connectivity index (χ4v) is 1.92. The van der Waals surface area contributed by atoms with E-state index in [1.165, 1.54) is 0 Å². The first-order chi connectivity index (χ1) is 8.48. The highest BCUT2D eigenvalue weighted by Gasteiger charge is 2.16. The van der Waals surface area contributed by atoms with E-state index in [0.29, 0.717) is 19.6 Å². The Kier molecular flexibility index (Phi) is 5.64. The van der Waals surface area contributed by atoms with Crippen LogP contribution in [0, 0.1) is 16.7 Å². The minimum absolute atomic E-state index is 0.344. The molecule has 0 bridgehead atoms. The van der Waals surface area contributed by atoms with Gasteiger partial charge in [0.15, 0.2) is 0 Å². The first-order valence-electron chi connectivity index (χ1n) is 6.01. The van der Waals surface area contributed by atoms with Crippen molar-refractivity contribution < 1.29 is 4.74 Å². The number of nitrogens with two attached hydrogens (primary N) is 1. The van der Waals surface area contributed by atoms with E-state index in [0.717, 1.165) is 22.2 Å². The molecule has 0 radical (unpaired) electrons. The number of nitriles is 1. The van der Waals surface area contributed by atoms with E-state index in [2.05, 4.69) is 22.0 Å². The van der Waals surface area contributed by atoms with Crippen LogP contribution in [0.25, 0.3) is 0 Å². The summed E-state index contributed by atoms with van der Waals surface area (Å²) in [6.07, 6.45) is 1.50. The van der Waals surface area contributed by atoms with Crippen LogP contribution in [0.4, 0.5) is 0 Å². The van der Waals surface area contributed by atoms with Crippen LogP contribution in [-0.4, -0.2) is 13.2 Å². The number of halogens is 1. The Labute approximate surface area is 117 Å². The topological polar surface area (TPSA) is 59.0 Å². The van der Waals surface area contributed by atoms with Crippen molar-refractivity contribution >= 4 is 15.9 Å². The lowest BCUT2D eigenvalue weighted by atomic mass is 9.92. The minimum Gasteiger partial charge on any atom is -0.493 e. The zero-order valence-electron chi connectivity index (χ0n) is 10.9. The SMILES string of the molecule is CC(C)(C#N)CCOc1ccc(Br)cc1CCN. The van der Waals surface area contributed by atoms with E-state index in [9.17, 15) is 0 Å². The van der Waals surface area contributed by atoms with Crippen LogP contribution >= 0.6 is 15.9 Å². The Hall–Kier alpha value is -1.05. The summed E-state index contributed by atoms with van der Waals surface area (Å²) in [5.41, 5.74) is 6.34. The van der Waals surface area contributed by atoms with Crippen molar-refractivity contribution in [3.8, 4) is 11.8 Å². The third-order valence-electron chi connectivity index (χ3n) is 2.72. The van der Waals surface area contributed by atoms with E-state index >= 15 is 0 Å². The summed E-state index contributed by atoms with van der Waals surface area (Å²) in [4.78, 5) is 0. The average Bonchev–Trinajstić information content (AvgIpc) is 2.32. The lowest BCUT2D eigenvalue weighted by molar-refractivity contribution is 0.262. The standard InChI is InChI=1S/C14H19BrN2O/c1-14(2,10-17)6-8-18-13-4-3-12(15)9-11(13)5-7-16/h3-4,9H,5-8,16H2,1-2H3. The molecule has 0 amide bonds. The predicted octanol–water partition coefficient (Wildman–Crippen LogP) is 3.27. The van der Waals surface area contributed by atoms with Gasteiger partial charge in [-0.2, -0.15) is 5.26 Å². The number of ether oxygens (including phenoxy) is 1. The summed E-state index contributed by atoms with van der Waals surface area (Å²) < 4.78 is 6.78. The maximum absolute atomic E-state index is 8.94. The van der Waals surface area contributed by atoms with Gasteiger partial charge in [-0.15, -0.1) is 0 Å². The van der Waals surface area contributed by atoms with Gasteiger partial charge in [0.05, 0.1) is 18.1 Å². The van der Waals surface area contributed by atoms with Crippen molar-refractivity contribution in [2.24, 2.45) is 11.1 Å². The van der Waals surface area contributed by atoms with Crippen molar-refractivity contribution in [1.29, 1.82) is 5.26 Å². The molecule has 0 fully saturated rings. The molecular weight excluding hydrogens is 292 g/mol. The summed E-state index contributed by atoms with van der Waals surface area (Å²) in [6, 6.07) is 8.18. The zero-order chi connectivity index (χ0) is 13.6. The van der Waals surface area contributed by atoms with Crippen molar-refractivity contribution in [3.05, 3.63) is 28.2 Å². The molecule has 1 rings (SSSR count). The molecule has 0 unspecified atom stereocenters. The fraction of sp³-hybridized carbons (Fsp3) is 0.500. The molecule has 0 saturated carbocycles. The van der Waals surface area contributed by atoms with Crippen molar-refractivity contribution in [3.63, 3.8) is 0 Å². The van der Waals surface area contributed by atoms with Gasteiger partial charge in [-0.25, -0.2) is 0 Å². The Morgan fingerprint density at radius 2 is 2.17 bits per heavy atom. The number of benzene rings is 1. The van der Waals surface area contributed by atoms with Crippen molar-refractivity contribution in [2.75, 3.05) is 13.2 Å². The van der Waals surface area contributed by atoms with Gasteiger partial charge in [0.2, 0.25) is 0 Å². The number of hydrogen-bond acceptors (Lipinski definition) is 3. The molecule has 2 N–H and O–H groups in total. The van der Waals surface area contributed by atoms with Crippen LogP contribution in [0.3, 0.4) is 0 Å². The van der Waals surface area contributed by atoms with E-state index in [1.54, 1.807) is 0 Å². The third-order valence-corrected chi connectivity index (χ3v) is 3.22. The smallest absolute Gasteiger partial charge is 0.122 e. The average molecular weight is 311 g/mol. The Morgan fingerprint density at radius 3 is 2.78 bits per heavy atom. The molecule has 18 heavy (non-hydrogen) atoms. The van der Waals surface area contributed by atoms with Gasteiger partial charge in [-0.3, -0.25) is 0 Å². The van der Waals surface area contributed by atoms with Crippen LogP contribution in [0.15, 0.2) is 22.7 Å². The maximum atomic E-state index is 8.94. The molecule has 0 heterocycles. The summed E-state index contributed by atoms with van der Waals surface area (Å²) in [5, 5.41) is 8.94. The van der Waals surface area contributed by atoms with Crippen molar-refractivity contribution in [2.45, 2.75) is 26.7 Å². The van der Waals surface area contributed by atoms with E-state index in [1.807, 2.05) is 32.0 Å². The molecule has 0 aliphatic heterocycles. The van der Waals surface area contributed by atoms with Gasteiger partial charge in [-0.1, -0.05) is 15.9 Å². The van der Waals surface area contributed by atoms with Gasteiger partial charge in [0.25, 0.3) is 0 Å². The first kappa shape index (κ1) is 15.0. The lowest BCUT2D eigenvalue weighted by Crippen LogP contribution is -2.14. The molecule has 98 valence electrons. The largest absolute Gasteiger partial charge is 0.493 e. The second-order valence-corrected chi connectivity index (χ2v) is 5.80. The van der Waals surface area contributed by atoms with E-state index < -0.39 is 0 Å². The highest BCUT2D eigenvalue weighted by molar-refractivity contribution is 9.10. The molecule has 0 aliphatic rings. The normalized spacial score (nSPS) is 11.1. The summed E-state index contributed by atoms with van der Waals surface area (Å²) >= 11 is 3.44. The van der Waals surface area contributed by atoms with E-state index in [-0.39, 0.29) is 5.41 Å². The van der Waals surface area contributed by atoms with Gasteiger partial charge in [0, 0.05) is 4.47 Å². The third kappa shape index (κ3) is 4.67. The number of hydrogen-bond donors (Lipinski definition) is 1. The van der Waals surface area contributed by atoms with Gasteiger partial charge in [0.1, 0.15) is 5.75 Å². The monoisotopic (exact) mass is 310 g/mol. The minimum atomic E-state index is -0.344. The second kappa shape index (κ2) is 6.77. The lowest BCUT2D eigenvalue weighted by Gasteiger charge is -2.17. The summed E-state index contributed by atoms with van der Waals surface area (Å²) in [6.45, 7) is 4.97. The molecule has 4 heteroatoms. The molecule has 0 aromatic heterocycles. The van der Waals surface area contributed by atoms with Gasteiger partial charge in [-0.05, 0) is 57.0 Å². The van der Waals surface area contributed by atoms with Gasteiger partial charge >= 0.3 is 0 Å².